The normalized spacial score (nSPS) is 11.0. The van der Waals surface area contributed by atoms with Gasteiger partial charge in [-0.2, -0.15) is 0 Å². The van der Waals surface area contributed by atoms with Crippen molar-refractivity contribution in [1.29, 1.82) is 0 Å². The first kappa shape index (κ1) is 20.3. The molecule has 150 valence electrons. The summed E-state index contributed by atoms with van der Waals surface area (Å²) in [6.07, 6.45) is 0. The second kappa shape index (κ2) is 8.32. The monoisotopic (exact) mass is 414 g/mol. The Kier molecular flexibility index (Phi) is 5.84. The third kappa shape index (κ3) is 4.91. The fourth-order valence-electron chi connectivity index (χ4n) is 2.60. The van der Waals surface area contributed by atoms with E-state index in [9.17, 15) is 17.6 Å². The maximum Gasteiger partial charge on any atom is 0.261 e. The number of nitrogens with one attached hydrogen (secondary N) is 2. The number of hydrogen-bond donors (Lipinski definition) is 2. The van der Waals surface area contributed by atoms with Crippen molar-refractivity contribution >= 4 is 27.3 Å². The van der Waals surface area contributed by atoms with Crippen LogP contribution in [0.4, 0.5) is 15.8 Å². The number of anilines is 2. The van der Waals surface area contributed by atoms with Crippen LogP contribution < -0.4 is 14.8 Å². The summed E-state index contributed by atoms with van der Waals surface area (Å²) in [5.41, 5.74) is 1.44. The molecular formula is C21H19FN2O4S. The Morgan fingerprint density at radius 2 is 1.72 bits per heavy atom. The number of hydrogen-bond acceptors (Lipinski definition) is 4. The summed E-state index contributed by atoms with van der Waals surface area (Å²) in [7, 11) is -2.36. The van der Waals surface area contributed by atoms with Crippen molar-refractivity contribution in [3.63, 3.8) is 0 Å². The number of halogens is 1. The van der Waals surface area contributed by atoms with Gasteiger partial charge in [0.2, 0.25) is 0 Å². The summed E-state index contributed by atoms with van der Waals surface area (Å²) in [5.74, 6) is -0.420. The van der Waals surface area contributed by atoms with Gasteiger partial charge in [0.05, 0.1) is 17.7 Å². The summed E-state index contributed by atoms with van der Waals surface area (Å²) >= 11 is 0. The smallest absolute Gasteiger partial charge is 0.261 e. The zero-order valence-corrected chi connectivity index (χ0v) is 16.6. The molecule has 0 radical (unpaired) electrons. The van der Waals surface area contributed by atoms with Crippen LogP contribution in [-0.4, -0.2) is 21.4 Å². The van der Waals surface area contributed by atoms with E-state index in [-0.39, 0.29) is 16.1 Å². The Hall–Kier alpha value is -3.39. The van der Waals surface area contributed by atoms with Gasteiger partial charge in [-0.25, -0.2) is 12.8 Å². The minimum atomic E-state index is -3.85. The molecule has 29 heavy (non-hydrogen) atoms. The Bertz CT molecular complexity index is 1150. The maximum absolute atomic E-state index is 13.3. The summed E-state index contributed by atoms with van der Waals surface area (Å²) in [5, 5.41) is 2.58. The molecule has 0 heterocycles. The van der Waals surface area contributed by atoms with E-state index in [0.29, 0.717) is 17.0 Å². The number of carbonyl (C=O) groups is 1. The van der Waals surface area contributed by atoms with Gasteiger partial charge in [-0.05, 0) is 67.1 Å². The quantitative estimate of drug-likeness (QED) is 0.633. The summed E-state index contributed by atoms with van der Waals surface area (Å²) < 4.78 is 46.2. The van der Waals surface area contributed by atoms with Crippen molar-refractivity contribution in [2.45, 2.75) is 11.8 Å². The highest BCUT2D eigenvalue weighted by Crippen LogP contribution is 2.23. The van der Waals surface area contributed by atoms with Gasteiger partial charge in [0.15, 0.2) is 0 Å². The van der Waals surface area contributed by atoms with Crippen molar-refractivity contribution in [3.8, 4) is 5.75 Å². The van der Waals surface area contributed by atoms with Crippen LogP contribution in [0, 0.1) is 12.7 Å². The molecule has 2 N–H and O–H groups in total. The van der Waals surface area contributed by atoms with Crippen molar-refractivity contribution in [2.75, 3.05) is 17.1 Å². The molecule has 0 bridgehead atoms. The molecule has 0 atom stereocenters. The lowest BCUT2D eigenvalue weighted by Gasteiger charge is -2.13. The first-order valence-corrected chi connectivity index (χ1v) is 10.1. The molecule has 0 aliphatic carbocycles. The molecular weight excluding hydrogens is 395 g/mol. The standard InChI is InChI=1S/C21H19FN2O4S/c1-14-6-7-15(21(25)23-17-5-3-4-16(22)13-17)12-20(14)24-29(26,27)19-10-8-18(28-2)9-11-19/h3-13,24H,1-2H3,(H,23,25). The predicted octanol–water partition coefficient (Wildman–Crippen LogP) is 4.20. The summed E-state index contributed by atoms with van der Waals surface area (Å²) in [6.45, 7) is 1.72. The fraction of sp³-hybridized carbons (Fsp3) is 0.0952. The van der Waals surface area contributed by atoms with E-state index < -0.39 is 21.7 Å². The van der Waals surface area contributed by atoms with Gasteiger partial charge in [-0.15, -0.1) is 0 Å². The predicted molar refractivity (Wildman–Crippen MR) is 109 cm³/mol. The van der Waals surface area contributed by atoms with Crippen LogP contribution in [-0.2, 0) is 10.0 Å². The number of amides is 1. The van der Waals surface area contributed by atoms with Crippen LogP contribution in [0.25, 0.3) is 0 Å². The lowest BCUT2D eigenvalue weighted by Crippen LogP contribution is -2.16. The highest BCUT2D eigenvalue weighted by Gasteiger charge is 2.17. The van der Waals surface area contributed by atoms with E-state index in [1.165, 1.54) is 43.5 Å². The summed E-state index contributed by atoms with van der Waals surface area (Å²) in [4.78, 5) is 12.5. The Balaban J connectivity index is 1.83. The van der Waals surface area contributed by atoms with E-state index in [1.54, 1.807) is 37.3 Å². The first-order chi connectivity index (χ1) is 13.8. The van der Waals surface area contributed by atoms with E-state index in [4.69, 9.17) is 4.74 Å². The Labute approximate surface area is 168 Å². The largest absolute Gasteiger partial charge is 0.497 e. The number of benzene rings is 3. The lowest BCUT2D eigenvalue weighted by atomic mass is 10.1. The Morgan fingerprint density at radius 3 is 2.38 bits per heavy atom. The number of sulfonamides is 1. The number of aryl methyl sites for hydroxylation is 1. The van der Waals surface area contributed by atoms with Gasteiger partial charge >= 0.3 is 0 Å². The fourth-order valence-corrected chi connectivity index (χ4v) is 3.72. The van der Waals surface area contributed by atoms with Crippen molar-refractivity contribution < 1.29 is 22.3 Å². The van der Waals surface area contributed by atoms with Gasteiger partial charge in [-0.1, -0.05) is 12.1 Å². The van der Waals surface area contributed by atoms with Gasteiger partial charge in [0.25, 0.3) is 15.9 Å². The molecule has 0 saturated carbocycles. The molecule has 0 spiro atoms. The molecule has 3 rings (SSSR count). The highest BCUT2D eigenvalue weighted by molar-refractivity contribution is 7.92. The third-order valence-corrected chi connectivity index (χ3v) is 5.58. The highest BCUT2D eigenvalue weighted by atomic mass is 32.2. The number of rotatable bonds is 6. The van der Waals surface area contributed by atoms with E-state index in [2.05, 4.69) is 10.0 Å². The molecule has 8 heteroatoms. The molecule has 3 aromatic rings. The summed E-state index contributed by atoms with van der Waals surface area (Å²) in [6, 6.07) is 16.1. The number of methoxy groups -OCH3 is 1. The van der Waals surface area contributed by atoms with Crippen molar-refractivity contribution in [1.82, 2.24) is 0 Å². The van der Waals surface area contributed by atoms with Gasteiger partial charge < -0.3 is 10.1 Å². The van der Waals surface area contributed by atoms with E-state index in [0.717, 1.165) is 0 Å². The molecule has 0 unspecified atom stereocenters. The zero-order chi connectivity index (χ0) is 21.0. The van der Waals surface area contributed by atoms with E-state index >= 15 is 0 Å². The minimum Gasteiger partial charge on any atom is -0.497 e. The molecule has 3 aromatic carbocycles. The van der Waals surface area contributed by atoms with Gasteiger partial charge in [0, 0.05) is 11.3 Å². The van der Waals surface area contributed by atoms with Crippen LogP contribution in [0.2, 0.25) is 0 Å². The number of ether oxygens (including phenoxy) is 1. The second-order valence-electron chi connectivity index (χ2n) is 6.28. The van der Waals surface area contributed by atoms with Gasteiger partial charge in [0.1, 0.15) is 11.6 Å². The molecule has 6 nitrogen and oxygen atoms in total. The molecule has 1 amide bonds. The van der Waals surface area contributed by atoms with Crippen LogP contribution in [0.3, 0.4) is 0 Å². The first-order valence-electron chi connectivity index (χ1n) is 8.63. The topological polar surface area (TPSA) is 84.5 Å². The van der Waals surface area contributed by atoms with Crippen LogP contribution in [0.1, 0.15) is 15.9 Å². The maximum atomic E-state index is 13.3. The Morgan fingerprint density at radius 1 is 1.00 bits per heavy atom. The molecule has 0 aromatic heterocycles. The average molecular weight is 414 g/mol. The van der Waals surface area contributed by atoms with E-state index in [1.807, 2.05) is 0 Å². The molecule has 0 aliphatic rings. The minimum absolute atomic E-state index is 0.0623. The van der Waals surface area contributed by atoms with Crippen LogP contribution >= 0.6 is 0 Å². The lowest BCUT2D eigenvalue weighted by molar-refractivity contribution is 0.102. The SMILES string of the molecule is COc1ccc(S(=O)(=O)Nc2cc(C(=O)Nc3cccc(F)c3)ccc2C)cc1. The van der Waals surface area contributed by atoms with Gasteiger partial charge in [-0.3, -0.25) is 9.52 Å². The molecule has 0 fully saturated rings. The average Bonchev–Trinajstić information content (AvgIpc) is 2.69. The second-order valence-corrected chi connectivity index (χ2v) is 7.96. The third-order valence-electron chi connectivity index (χ3n) is 4.20. The molecule has 0 saturated heterocycles. The van der Waals surface area contributed by atoms with Crippen LogP contribution in [0.15, 0.2) is 71.6 Å². The van der Waals surface area contributed by atoms with Crippen molar-refractivity contribution in [2.24, 2.45) is 0 Å². The van der Waals surface area contributed by atoms with Crippen molar-refractivity contribution in [3.05, 3.63) is 83.7 Å². The number of carbonyl (C=O) groups excluding carboxylic acids is 1. The molecule has 0 aliphatic heterocycles. The van der Waals surface area contributed by atoms with Crippen LogP contribution in [0.5, 0.6) is 5.75 Å². The zero-order valence-electron chi connectivity index (χ0n) is 15.8.